The molecule has 0 spiro atoms. The summed E-state index contributed by atoms with van der Waals surface area (Å²) in [5, 5.41) is 14.6. The van der Waals surface area contributed by atoms with Gasteiger partial charge in [-0.3, -0.25) is 19.7 Å². The molecular formula is C27H19ClN4O5. The maximum atomic E-state index is 13.6. The first-order valence-corrected chi connectivity index (χ1v) is 11.6. The minimum absolute atomic E-state index is 0.0160. The second-order valence-electron chi connectivity index (χ2n) is 8.30. The van der Waals surface area contributed by atoms with Crippen molar-refractivity contribution in [1.82, 2.24) is 4.57 Å². The number of halogens is 1. The number of carbonyl (C=O) groups excluding carboxylic acids is 1. The molecule has 2 heterocycles. The third-order valence-corrected chi connectivity index (χ3v) is 6.14. The lowest BCUT2D eigenvalue weighted by Gasteiger charge is -2.24. The zero-order valence-corrected chi connectivity index (χ0v) is 20.2. The first-order chi connectivity index (χ1) is 17.8. The van der Waals surface area contributed by atoms with Gasteiger partial charge >= 0.3 is 5.68 Å². The van der Waals surface area contributed by atoms with E-state index in [0.29, 0.717) is 27.5 Å². The number of nitrogens with zero attached hydrogens (tertiary/aromatic N) is 3. The van der Waals surface area contributed by atoms with Gasteiger partial charge in [0.1, 0.15) is 0 Å². The molecule has 3 aromatic carbocycles. The van der Waals surface area contributed by atoms with Crippen LogP contribution in [-0.4, -0.2) is 15.4 Å². The van der Waals surface area contributed by atoms with Crippen LogP contribution < -0.4 is 22.0 Å². The van der Waals surface area contributed by atoms with Crippen molar-refractivity contribution in [2.45, 2.75) is 13.0 Å². The van der Waals surface area contributed by atoms with Gasteiger partial charge in [-0.05, 0) is 60.5 Å². The number of fused-ring (bicyclic) bond motifs is 1. The molecule has 9 nitrogen and oxygen atoms in total. The van der Waals surface area contributed by atoms with Crippen LogP contribution in [0.3, 0.4) is 0 Å². The van der Waals surface area contributed by atoms with Crippen LogP contribution >= 0.6 is 11.6 Å². The topological polar surface area (TPSA) is 120 Å². The Morgan fingerprint density at radius 2 is 1.76 bits per heavy atom. The molecule has 0 radical (unpaired) electrons. The average Bonchev–Trinajstić information content (AvgIpc) is 3.19. The Morgan fingerprint density at radius 3 is 2.41 bits per heavy atom. The summed E-state index contributed by atoms with van der Waals surface area (Å²) < 4.78 is 7.11. The van der Waals surface area contributed by atoms with Gasteiger partial charge in [0.05, 0.1) is 22.2 Å². The molecule has 4 aromatic rings. The SMILES string of the molecule is CC1=C(C(=O)Nc2ccccc2)C(c2ccc([N+](=O)[O-])cc2)n2c(o/c(=C\c3ccc(Cl)cc3)c2=O)=N1. The summed E-state index contributed by atoms with van der Waals surface area (Å²) in [5.74, 6) is -0.460. The summed E-state index contributed by atoms with van der Waals surface area (Å²) in [5.41, 5.74) is 1.72. The summed E-state index contributed by atoms with van der Waals surface area (Å²) in [6.07, 6.45) is 1.56. The van der Waals surface area contributed by atoms with E-state index in [0.717, 1.165) is 0 Å². The molecule has 0 fully saturated rings. The van der Waals surface area contributed by atoms with Crippen LogP contribution in [0.2, 0.25) is 5.02 Å². The van der Waals surface area contributed by atoms with Crippen molar-refractivity contribution >= 4 is 35.0 Å². The predicted molar refractivity (Wildman–Crippen MR) is 138 cm³/mol. The molecular weight excluding hydrogens is 496 g/mol. The third kappa shape index (κ3) is 4.72. The molecule has 1 N–H and O–H groups in total. The number of nitro groups is 1. The first-order valence-electron chi connectivity index (χ1n) is 11.2. The molecule has 0 aliphatic carbocycles. The molecule has 1 unspecified atom stereocenters. The fourth-order valence-corrected chi connectivity index (χ4v) is 4.26. The molecule has 5 rings (SSSR count). The van der Waals surface area contributed by atoms with Crippen LogP contribution in [0.1, 0.15) is 24.1 Å². The number of anilines is 1. The number of allylic oxidation sites excluding steroid dienone is 1. The number of carbonyl (C=O) groups is 1. The number of nitro benzene ring substituents is 1. The van der Waals surface area contributed by atoms with E-state index in [4.69, 9.17) is 16.0 Å². The van der Waals surface area contributed by atoms with E-state index in [2.05, 4.69) is 10.3 Å². The van der Waals surface area contributed by atoms with Gasteiger partial charge in [0.25, 0.3) is 17.2 Å². The molecule has 1 amide bonds. The lowest BCUT2D eigenvalue weighted by molar-refractivity contribution is -0.384. The molecule has 1 aromatic heterocycles. The van der Waals surface area contributed by atoms with Crippen LogP contribution in [0.4, 0.5) is 11.4 Å². The van der Waals surface area contributed by atoms with Gasteiger partial charge in [-0.15, -0.1) is 0 Å². The van der Waals surface area contributed by atoms with Crippen molar-refractivity contribution in [2.24, 2.45) is 4.99 Å². The van der Waals surface area contributed by atoms with Crippen molar-refractivity contribution in [1.29, 1.82) is 0 Å². The van der Waals surface area contributed by atoms with Gasteiger partial charge in [-0.2, -0.15) is 0 Å². The quantitative estimate of drug-likeness (QED) is 0.319. The molecule has 0 bridgehead atoms. The van der Waals surface area contributed by atoms with Crippen molar-refractivity contribution in [3.8, 4) is 0 Å². The van der Waals surface area contributed by atoms with Gasteiger partial charge in [0.15, 0.2) is 5.42 Å². The van der Waals surface area contributed by atoms with Gasteiger partial charge < -0.3 is 9.73 Å². The fourth-order valence-electron chi connectivity index (χ4n) is 4.14. The average molecular weight is 515 g/mol. The molecule has 10 heteroatoms. The van der Waals surface area contributed by atoms with Crippen molar-refractivity contribution in [3.05, 3.63) is 138 Å². The van der Waals surface area contributed by atoms with Crippen LogP contribution in [0.5, 0.6) is 0 Å². The fraction of sp³-hybridized carbons (Fsp3) is 0.0741. The van der Waals surface area contributed by atoms with E-state index >= 15 is 0 Å². The smallest absolute Gasteiger partial charge is 0.306 e. The molecule has 1 aliphatic heterocycles. The van der Waals surface area contributed by atoms with E-state index in [9.17, 15) is 19.7 Å². The molecule has 1 aliphatic rings. The van der Waals surface area contributed by atoms with E-state index in [1.165, 1.54) is 28.8 Å². The molecule has 37 heavy (non-hydrogen) atoms. The van der Waals surface area contributed by atoms with E-state index in [1.807, 2.05) is 6.07 Å². The Bertz CT molecular complexity index is 1720. The van der Waals surface area contributed by atoms with Crippen LogP contribution in [0.15, 0.2) is 104 Å². The molecule has 184 valence electrons. The number of non-ortho nitro benzene ring substituents is 1. The predicted octanol–water partition coefficient (Wildman–Crippen LogP) is 3.97. The maximum absolute atomic E-state index is 13.6. The Labute approximate surface area is 214 Å². The van der Waals surface area contributed by atoms with Crippen LogP contribution in [0, 0.1) is 10.1 Å². The first kappa shape index (κ1) is 24.0. The highest BCUT2D eigenvalue weighted by Crippen LogP contribution is 2.31. The van der Waals surface area contributed by atoms with E-state index in [1.54, 1.807) is 61.5 Å². The van der Waals surface area contributed by atoms with Crippen molar-refractivity contribution < 1.29 is 14.1 Å². The lowest BCUT2D eigenvalue weighted by Crippen LogP contribution is -2.40. The summed E-state index contributed by atoms with van der Waals surface area (Å²) in [4.78, 5) is 42.2. The zero-order valence-electron chi connectivity index (χ0n) is 19.4. The Hall–Kier alpha value is -4.76. The minimum atomic E-state index is -0.930. The monoisotopic (exact) mass is 514 g/mol. The minimum Gasteiger partial charge on any atom is -0.419 e. The highest BCUT2D eigenvalue weighted by molar-refractivity contribution is 6.30. The molecule has 1 atom stereocenters. The number of benzene rings is 3. The second-order valence-corrected chi connectivity index (χ2v) is 8.74. The van der Waals surface area contributed by atoms with E-state index in [-0.39, 0.29) is 22.4 Å². The maximum Gasteiger partial charge on any atom is 0.306 e. The summed E-state index contributed by atoms with van der Waals surface area (Å²) in [6, 6.07) is 20.5. The van der Waals surface area contributed by atoms with Gasteiger partial charge in [-0.25, -0.2) is 9.56 Å². The number of oxazole rings is 1. The Kier molecular flexibility index (Phi) is 6.29. The number of hydrogen-bond donors (Lipinski definition) is 1. The Balaban J connectivity index is 1.67. The normalized spacial score (nSPS) is 15.2. The molecule has 0 saturated heterocycles. The summed E-state index contributed by atoms with van der Waals surface area (Å²) in [6.45, 7) is 1.65. The number of nitrogens with one attached hydrogen (secondary N) is 1. The number of hydrogen-bond acceptors (Lipinski definition) is 6. The number of rotatable bonds is 5. The van der Waals surface area contributed by atoms with Crippen LogP contribution in [-0.2, 0) is 4.79 Å². The van der Waals surface area contributed by atoms with Gasteiger partial charge in [0, 0.05) is 22.8 Å². The van der Waals surface area contributed by atoms with E-state index < -0.39 is 22.4 Å². The Morgan fingerprint density at radius 1 is 1.08 bits per heavy atom. The summed E-state index contributed by atoms with van der Waals surface area (Å²) >= 11 is 5.96. The van der Waals surface area contributed by atoms with Gasteiger partial charge in [0.2, 0.25) is 0 Å². The third-order valence-electron chi connectivity index (χ3n) is 5.89. The highest BCUT2D eigenvalue weighted by atomic mass is 35.5. The zero-order chi connectivity index (χ0) is 26.1. The van der Waals surface area contributed by atoms with Gasteiger partial charge in [-0.1, -0.05) is 41.9 Å². The van der Waals surface area contributed by atoms with Crippen molar-refractivity contribution in [3.63, 3.8) is 0 Å². The standard InChI is InChI=1S/C27H19ClN4O5/c1-16-23(25(33)30-20-5-3-2-4-6-20)24(18-9-13-21(14-10-18)32(35)36)31-26(34)22(37-27(31)29-16)15-17-7-11-19(28)12-8-17/h2-15,24H,1H3,(H,30,33)/b22-15-. The number of para-hydroxylation sites is 1. The largest absolute Gasteiger partial charge is 0.419 e. The molecule has 0 saturated carbocycles. The number of aromatic nitrogens is 1. The van der Waals surface area contributed by atoms with Crippen molar-refractivity contribution in [2.75, 3.05) is 5.32 Å². The highest BCUT2D eigenvalue weighted by Gasteiger charge is 2.33. The summed E-state index contributed by atoms with van der Waals surface area (Å²) in [7, 11) is 0. The van der Waals surface area contributed by atoms with Crippen LogP contribution in [0.25, 0.3) is 6.08 Å². The lowest BCUT2D eigenvalue weighted by atomic mass is 9.95. The number of amides is 1. The second kappa shape index (κ2) is 9.71.